The first-order valence-electron chi connectivity index (χ1n) is 6.18. The summed E-state index contributed by atoms with van der Waals surface area (Å²) in [6.45, 7) is 7.02. The van der Waals surface area contributed by atoms with Crippen molar-refractivity contribution in [3.8, 4) is 0 Å². The van der Waals surface area contributed by atoms with Gasteiger partial charge in [0.25, 0.3) is 0 Å². The second kappa shape index (κ2) is 6.64. The number of hydrogen-bond donors (Lipinski definition) is 1. The van der Waals surface area contributed by atoms with E-state index in [-0.39, 0.29) is 11.9 Å². The van der Waals surface area contributed by atoms with E-state index in [2.05, 4.69) is 19.2 Å². The SMILES string of the molecule is CCCCC(NCC)c1ccc(C)cc1F. The summed E-state index contributed by atoms with van der Waals surface area (Å²) in [7, 11) is 0. The van der Waals surface area contributed by atoms with Gasteiger partial charge >= 0.3 is 0 Å². The Labute approximate surface area is 98.1 Å². The average molecular weight is 223 g/mol. The molecular weight excluding hydrogens is 201 g/mol. The lowest BCUT2D eigenvalue weighted by Crippen LogP contribution is -2.21. The summed E-state index contributed by atoms with van der Waals surface area (Å²) >= 11 is 0. The van der Waals surface area contributed by atoms with E-state index in [1.165, 1.54) is 0 Å². The first-order chi connectivity index (χ1) is 7.69. The zero-order chi connectivity index (χ0) is 12.0. The first-order valence-corrected chi connectivity index (χ1v) is 6.18. The van der Waals surface area contributed by atoms with Crippen molar-refractivity contribution in [2.45, 2.75) is 46.1 Å². The van der Waals surface area contributed by atoms with Crippen LogP contribution in [0.3, 0.4) is 0 Å². The van der Waals surface area contributed by atoms with E-state index >= 15 is 0 Å². The van der Waals surface area contributed by atoms with Gasteiger partial charge < -0.3 is 5.32 Å². The number of aryl methyl sites for hydroxylation is 1. The van der Waals surface area contributed by atoms with Gasteiger partial charge in [-0.3, -0.25) is 0 Å². The summed E-state index contributed by atoms with van der Waals surface area (Å²) in [6.07, 6.45) is 3.28. The fourth-order valence-electron chi connectivity index (χ4n) is 1.94. The topological polar surface area (TPSA) is 12.0 Å². The molecule has 0 aromatic heterocycles. The summed E-state index contributed by atoms with van der Waals surface area (Å²) < 4.78 is 13.8. The number of nitrogens with one attached hydrogen (secondary N) is 1. The molecule has 0 radical (unpaired) electrons. The average Bonchev–Trinajstić information content (AvgIpc) is 2.25. The lowest BCUT2D eigenvalue weighted by molar-refractivity contribution is 0.470. The van der Waals surface area contributed by atoms with Crippen LogP contribution in [0.15, 0.2) is 18.2 Å². The van der Waals surface area contributed by atoms with Crippen molar-refractivity contribution in [1.29, 1.82) is 0 Å². The van der Waals surface area contributed by atoms with Gasteiger partial charge in [-0.1, -0.05) is 38.8 Å². The van der Waals surface area contributed by atoms with Crippen LogP contribution >= 0.6 is 0 Å². The standard InChI is InChI=1S/C14H22FN/c1-4-6-7-14(16-5-2)12-9-8-11(3)10-13(12)15/h8-10,14,16H,4-7H2,1-3H3. The van der Waals surface area contributed by atoms with Crippen LogP contribution in [0.25, 0.3) is 0 Å². The molecule has 1 nitrogen and oxygen atoms in total. The number of halogens is 1. The minimum absolute atomic E-state index is 0.0814. The van der Waals surface area contributed by atoms with Crippen LogP contribution in [0.5, 0.6) is 0 Å². The lowest BCUT2D eigenvalue weighted by Gasteiger charge is -2.19. The molecule has 1 N–H and O–H groups in total. The van der Waals surface area contributed by atoms with Crippen LogP contribution in [0.4, 0.5) is 4.39 Å². The van der Waals surface area contributed by atoms with Gasteiger partial charge in [0.2, 0.25) is 0 Å². The highest BCUT2D eigenvalue weighted by Gasteiger charge is 2.13. The molecule has 1 rings (SSSR count). The third-order valence-corrected chi connectivity index (χ3v) is 2.83. The number of hydrogen-bond acceptors (Lipinski definition) is 1. The van der Waals surface area contributed by atoms with Crippen LogP contribution in [0.1, 0.15) is 50.3 Å². The number of unbranched alkanes of at least 4 members (excludes halogenated alkanes) is 1. The van der Waals surface area contributed by atoms with Crippen molar-refractivity contribution in [2.24, 2.45) is 0 Å². The molecule has 0 spiro atoms. The van der Waals surface area contributed by atoms with E-state index in [1.807, 2.05) is 19.1 Å². The molecule has 0 saturated carbocycles. The highest BCUT2D eigenvalue weighted by molar-refractivity contribution is 5.26. The maximum atomic E-state index is 13.8. The van der Waals surface area contributed by atoms with Crippen LogP contribution in [-0.2, 0) is 0 Å². The van der Waals surface area contributed by atoms with E-state index in [1.54, 1.807) is 6.07 Å². The van der Waals surface area contributed by atoms with Gasteiger partial charge in [0.1, 0.15) is 5.82 Å². The zero-order valence-corrected chi connectivity index (χ0v) is 10.5. The summed E-state index contributed by atoms with van der Waals surface area (Å²) in [4.78, 5) is 0. The van der Waals surface area contributed by atoms with Crippen LogP contribution in [0.2, 0.25) is 0 Å². The molecular formula is C14H22FN. The predicted molar refractivity (Wildman–Crippen MR) is 67.1 cm³/mol. The highest BCUT2D eigenvalue weighted by atomic mass is 19.1. The smallest absolute Gasteiger partial charge is 0.128 e. The minimum Gasteiger partial charge on any atom is -0.310 e. The molecule has 1 atom stereocenters. The van der Waals surface area contributed by atoms with E-state index < -0.39 is 0 Å². The zero-order valence-electron chi connectivity index (χ0n) is 10.5. The Morgan fingerprint density at radius 1 is 1.31 bits per heavy atom. The molecule has 90 valence electrons. The second-order valence-corrected chi connectivity index (χ2v) is 4.28. The van der Waals surface area contributed by atoms with Gasteiger partial charge in [-0.25, -0.2) is 4.39 Å². The maximum Gasteiger partial charge on any atom is 0.128 e. The van der Waals surface area contributed by atoms with Crippen molar-refractivity contribution in [3.63, 3.8) is 0 Å². The fraction of sp³-hybridized carbons (Fsp3) is 0.571. The second-order valence-electron chi connectivity index (χ2n) is 4.28. The molecule has 0 bridgehead atoms. The van der Waals surface area contributed by atoms with Crippen molar-refractivity contribution in [2.75, 3.05) is 6.54 Å². The molecule has 0 amide bonds. The molecule has 0 heterocycles. The number of benzene rings is 1. The van der Waals surface area contributed by atoms with Crippen LogP contribution in [0, 0.1) is 12.7 Å². The van der Waals surface area contributed by atoms with Gasteiger partial charge in [0.15, 0.2) is 0 Å². The monoisotopic (exact) mass is 223 g/mol. The molecule has 0 aliphatic carbocycles. The molecule has 0 aliphatic rings. The molecule has 2 heteroatoms. The highest BCUT2D eigenvalue weighted by Crippen LogP contribution is 2.22. The van der Waals surface area contributed by atoms with Crippen LogP contribution in [-0.4, -0.2) is 6.54 Å². The van der Waals surface area contributed by atoms with Crippen molar-refractivity contribution in [3.05, 3.63) is 35.1 Å². The van der Waals surface area contributed by atoms with Gasteiger partial charge in [-0.05, 0) is 31.5 Å². The Hall–Kier alpha value is -0.890. The Morgan fingerprint density at radius 2 is 2.06 bits per heavy atom. The fourth-order valence-corrected chi connectivity index (χ4v) is 1.94. The maximum absolute atomic E-state index is 13.8. The van der Waals surface area contributed by atoms with E-state index in [0.717, 1.165) is 36.9 Å². The summed E-state index contributed by atoms with van der Waals surface area (Å²) in [6, 6.07) is 5.67. The Morgan fingerprint density at radius 3 is 2.62 bits per heavy atom. The van der Waals surface area contributed by atoms with Gasteiger partial charge in [0.05, 0.1) is 0 Å². The van der Waals surface area contributed by atoms with Crippen molar-refractivity contribution >= 4 is 0 Å². The summed E-state index contributed by atoms with van der Waals surface area (Å²) in [5.41, 5.74) is 1.79. The summed E-state index contributed by atoms with van der Waals surface area (Å²) in [5, 5.41) is 3.35. The van der Waals surface area contributed by atoms with E-state index in [9.17, 15) is 4.39 Å². The quantitative estimate of drug-likeness (QED) is 0.769. The largest absolute Gasteiger partial charge is 0.310 e. The summed E-state index contributed by atoms with van der Waals surface area (Å²) in [5.74, 6) is -0.0814. The molecule has 0 saturated heterocycles. The Bertz CT molecular complexity index is 323. The van der Waals surface area contributed by atoms with Crippen molar-refractivity contribution < 1.29 is 4.39 Å². The van der Waals surface area contributed by atoms with Gasteiger partial charge in [0, 0.05) is 11.6 Å². The molecule has 1 aromatic rings. The predicted octanol–water partition coefficient (Wildman–Crippen LogP) is 3.97. The minimum atomic E-state index is -0.0814. The molecule has 0 aliphatic heterocycles. The van der Waals surface area contributed by atoms with E-state index in [0.29, 0.717) is 0 Å². The normalized spacial score (nSPS) is 12.8. The molecule has 1 unspecified atom stereocenters. The first kappa shape index (κ1) is 13.2. The van der Waals surface area contributed by atoms with Crippen LogP contribution < -0.4 is 5.32 Å². The third-order valence-electron chi connectivity index (χ3n) is 2.83. The van der Waals surface area contributed by atoms with E-state index in [4.69, 9.17) is 0 Å². The third kappa shape index (κ3) is 3.60. The number of rotatable bonds is 6. The van der Waals surface area contributed by atoms with Gasteiger partial charge in [-0.15, -0.1) is 0 Å². The molecule has 0 fully saturated rings. The molecule has 1 aromatic carbocycles. The van der Waals surface area contributed by atoms with Crippen molar-refractivity contribution in [1.82, 2.24) is 5.32 Å². The Balaban J connectivity index is 2.82. The van der Waals surface area contributed by atoms with Gasteiger partial charge in [-0.2, -0.15) is 0 Å². The Kier molecular flexibility index (Phi) is 5.47. The molecule has 16 heavy (non-hydrogen) atoms. The lowest BCUT2D eigenvalue weighted by atomic mass is 9.99.